The lowest BCUT2D eigenvalue weighted by Gasteiger charge is -2.24. The van der Waals surface area contributed by atoms with Crippen LogP contribution in [0.2, 0.25) is 0 Å². The molecule has 0 unspecified atom stereocenters. The molecular formula is C13H26N2O. The average Bonchev–Trinajstić information content (AvgIpc) is 2.77. The van der Waals surface area contributed by atoms with Crippen molar-refractivity contribution in [3.63, 3.8) is 0 Å². The van der Waals surface area contributed by atoms with Crippen LogP contribution in [0.4, 0.5) is 0 Å². The van der Waals surface area contributed by atoms with Gasteiger partial charge in [0.05, 0.1) is 6.54 Å². The summed E-state index contributed by atoms with van der Waals surface area (Å²) in [7, 11) is 1.87. The molecule has 0 aromatic heterocycles. The Morgan fingerprint density at radius 1 is 1.31 bits per heavy atom. The number of hydrogen-bond acceptors (Lipinski definition) is 2. The minimum atomic E-state index is 0.194. The first-order valence-electron chi connectivity index (χ1n) is 6.51. The summed E-state index contributed by atoms with van der Waals surface area (Å²) >= 11 is 0. The van der Waals surface area contributed by atoms with Gasteiger partial charge in [-0.05, 0) is 39.5 Å². The molecule has 3 heteroatoms. The van der Waals surface area contributed by atoms with Gasteiger partial charge >= 0.3 is 0 Å². The molecule has 1 rings (SSSR count). The maximum Gasteiger partial charge on any atom is 0.236 e. The van der Waals surface area contributed by atoms with E-state index >= 15 is 0 Å². The van der Waals surface area contributed by atoms with E-state index in [4.69, 9.17) is 0 Å². The predicted octanol–water partition coefficient (Wildman–Crippen LogP) is 2.02. The smallest absolute Gasteiger partial charge is 0.236 e. The zero-order valence-electron chi connectivity index (χ0n) is 11.1. The van der Waals surface area contributed by atoms with E-state index in [9.17, 15) is 4.79 Å². The Hall–Kier alpha value is -0.570. The van der Waals surface area contributed by atoms with Crippen molar-refractivity contribution in [2.75, 3.05) is 13.6 Å². The van der Waals surface area contributed by atoms with Crippen LogP contribution in [-0.2, 0) is 4.79 Å². The Kier molecular flexibility index (Phi) is 5.26. The van der Waals surface area contributed by atoms with Gasteiger partial charge in [-0.1, -0.05) is 12.8 Å². The van der Waals surface area contributed by atoms with Gasteiger partial charge < -0.3 is 10.2 Å². The summed E-state index contributed by atoms with van der Waals surface area (Å²) in [6, 6.07) is 0.767. The molecule has 0 aliphatic heterocycles. The number of carbonyl (C=O) groups is 1. The molecule has 0 saturated heterocycles. The fourth-order valence-corrected chi connectivity index (χ4v) is 2.29. The molecule has 1 amide bonds. The van der Waals surface area contributed by atoms with Crippen LogP contribution in [0.5, 0.6) is 0 Å². The number of carbonyl (C=O) groups excluding carboxylic acids is 1. The van der Waals surface area contributed by atoms with E-state index in [0.29, 0.717) is 12.6 Å². The van der Waals surface area contributed by atoms with Gasteiger partial charge in [-0.3, -0.25) is 4.79 Å². The molecule has 0 aromatic rings. The first-order valence-corrected chi connectivity index (χ1v) is 6.51. The van der Waals surface area contributed by atoms with Gasteiger partial charge in [-0.15, -0.1) is 0 Å². The summed E-state index contributed by atoms with van der Waals surface area (Å²) in [5, 5.41) is 3.37. The van der Waals surface area contributed by atoms with Crippen LogP contribution in [0.15, 0.2) is 0 Å². The van der Waals surface area contributed by atoms with Crippen LogP contribution in [0, 0.1) is 5.92 Å². The Morgan fingerprint density at radius 3 is 2.38 bits per heavy atom. The fraction of sp³-hybridized carbons (Fsp3) is 0.923. The molecule has 1 atom stereocenters. The zero-order valence-corrected chi connectivity index (χ0v) is 11.1. The van der Waals surface area contributed by atoms with Crippen LogP contribution in [0.1, 0.15) is 46.5 Å². The Balaban J connectivity index is 2.25. The monoisotopic (exact) mass is 226 g/mol. The van der Waals surface area contributed by atoms with Crippen molar-refractivity contribution in [3.05, 3.63) is 0 Å². The third-order valence-corrected chi connectivity index (χ3v) is 3.85. The van der Waals surface area contributed by atoms with E-state index in [0.717, 1.165) is 5.92 Å². The van der Waals surface area contributed by atoms with Crippen molar-refractivity contribution >= 4 is 5.91 Å². The first kappa shape index (κ1) is 13.5. The van der Waals surface area contributed by atoms with Gasteiger partial charge in [0.1, 0.15) is 0 Å². The topological polar surface area (TPSA) is 32.3 Å². The summed E-state index contributed by atoms with van der Waals surface area (Å²) < 4.78 is 0. The molecule has 1 fully saturated rings. The Labute approximate surface area is 99.6 Å². The summed E-state index contributed by atoms with van der Waals surface area (Å²) in [6.45, 7) is 6.77. The lowest BCUT2D eigenvalue weighted by molar-refractivity contribution is -0.130. The quantitative estimate of drug-likeness (QED) is 0.778. The van der Waals surface area contributed by atoms with Crippen molar-refractivity contribution < 1.29 is 4.79 Å². The number of amides is 1. The summed E-state index contributed by atoms with van der Waals surface area (Å²) in [4.78, 5) is 13.6. The summed E-state index contributed by atoms with van der Waals surface area (Å²) in [6.07, 6.45) is 5.36. The number of hydrogen-bond donors (Lipinski definition) is 1. The highest BCUT2D eigenvalue weighted by Gasteiger charge is 2.22. The predicted molar refractivity (Wildman–Crippen MR) is 67.3 cm³/mol. The van der Waals surface area contributed by atoms with Crippen LogP contribution in [-0.4, -0.2) is 36.5 Å². The minimum absolute atomic E-state index is 0.194. The van der Waals surface area contributed by atoms with Crippen LogP contribution < -0.4 is 5.32 Å². The van der Waals surface area contributed by atoms with Crippen LogP contribution in [0.25, 0.3) is 0 Å². The standard InChI is InChI=1S/C13H26N2O/c1-10(2)15(4)13(16)9-14-11(3)12-7-5-6-8-12/h10-12,14H,5-9H2,1-4H3/t11-/m1/s1. The van der Waals surface area contributed by atoms with E-state index in [-0.39, 0.29) is 11.9 Å². The highest BCUT2D eigenvalue weighted by Crippen LogP contribution is 2.27. The molecule has 1 aliphatic rings. The normalized spacial score (nSPS) is 19.1. The van der Waals surface area contributed by atoms with Crippen LogP contribution in [0.3, 0.4) is 0 Å². The van der Waals surface area contributed by atoms with Crippen LogP contribution >= 0.6 is 0 Å². The van der Waals surface area contributed by atoms with E-state index in [1.165, 1.54) is 25.7 Å². The fourth-order valence-electron chi connectivity index (χ4n) is 2.29. The maximum atomic E-state index is 11.8. The van der Waals surface area contributed by atoms with Crippen molar-refractivity contribution in [2.45, 2.75) is 58.5 Å². The van der Waals surface area contributed by atoms with Crippen molar-refractivity contribution in [1.82, 2.24) is 10.2 Å². The molecule has 0 bridgehead atoms. The maximum absolute atomic E-state index is 11.8. The van der Waals surface area contributed by atoms with Crippen molar-refractivity contribution in [1.29, 1.82) is 0 Å². The third-order valence-electron chi connectivity index (χ3n) is 3.85. The minimum Gasteiger partial charge on any atom is -0.342 e. The number of likely N-dealkylation sites (N-methyl/N-ethyl adjacent to an activating group) is 1. The molecule has 0 heterocycles. The molecule has 16 heavy (non-hydrogen) atoms. The molecule has 1 aliphatic carbocycles. The van der Waals surface area contributed by atoms with Crippen molar-refractivity contribution in [3.8, 4) is 0 Å². The van der Waals surface area contributed by atoms with E-state index in [2.05, 4.69) is 12.2 Å². The Morgan fingerprint density at radius 2 is 1.88 bits per heavy atom. The summed E-state index contributed by atoms with van der Waals surface area (Å²) in [5.74, 6) is 0.969. The van der Waals surface area contributed by atoms with Gasteiger partial charge in [-0.2, -0.15) is 0 Å². The van der Waals surface area contributed by atoms with E-state index in [1.54, 1.807) is 4.90 Å². The molecule has 0 aromatic carbocycles. The second-order valence-corrected chi connectivity index (χ2v) is 5.31. The highest BCUT2D eigenvalue weighted by molar-refractivity contribution is 5.78. The van der Waals surface area contributed by atoms with E-state index in [1.807, 2.05) is 20.9 Å². The van der Waals surface area contributed by atoms with Gasteiger partial charge in [0.2, 0.25) is 5.91 Å². The Bertz CT molecular complexity index is 222. The van der Waals surface area contributed by atoms with Gasteiger partial charge in [-0.25, -0.2) is 0 Å². The highest BCUT2D eigenvalue weighted by atomic mass is 16.2. The lowest BCUT2D eigenvalue weighted by Crippen LogP contribution is -2.43. The first-order chi connectivity index (χ1) is 7.52. The third kappa shape index (κ3) is 3.78. The summed E-state index contributed by atoms with van der Waals surface area (Å²) in [5.41, 5.74) is 0. The zero-order chi connectivity index (χ0) is 12.1. The number of rotatable bonds is 5. The molecule has 1 saturated carbocycles. The van der Waals surface area contributed by atoms with Crippen molar-refractivity contribution in [2.24, 2.45) is 5.92 Å². The molecule has 3 nitrogen and oxygen atoms in total. The molecule has 0 radical (unpaired) electrons. The van der Waals surface area contributed by atoms with Gasteiger partial charge in [0, 0.05) is 19.1 Å². The molecular weight excluding hydrogens is 200 g/mol. The van der Waals surface area contributed by atoms with Gasteiger partial charge in [0.25, 0.3) is 0 Å². The molecule has 1 N–H and O–H groups in total. The largest absolute Gasteiger partial charge is 0.342 e. The SMILES string of the molecule is CC(C)N(C)C(=O)CN[C@H](C)C1CCCC1. The van der Waals surface area contributed by atoms with Gasteiger partial charge in [0.15, 0.2) is 0 Å². The second kappa shape index (κ2) is 6.24. The number of nitrogens with one attached hydrogen (secondary N) is 1. The second-order valence-electron chi connectivity index (χ2n) is 5.31. The lowest BCUT2D eigenvalue weighted by atomic mass is 10.00. The van der Waals surface area contributed by atoms with E-state index < -0.39 is 0 Å². The average molecular weight is 226 g/mol. The number of nitrogens with zero attached hydrogens (tertiary/aromatic N) is 1. The molecule has 94 valence electrons. The molecule has 0 spiro atoms.